The number of ether oxygens (including phenoxy) is 2. The molecule has 7 heteroatoms. The molecule has 160 valence electrons. The van der Waals surface area contributed by atoms with E-state index < -0.39 is 29.7 Å². The summed E-state index contributed by atoms with van der Waals surface area (Å²) in [5, 5.41) is 9.18. The molecule has 1 aromatic carbocycles. The van der Waals surface area contributed by atoms with Gasteiger partial charge in [-0.3, -0.25) is 0 Å². The Morgan fingerprint density at radius 3 is 2.14 bits per heavy atom. The van der Waals surface area contributed by atoms with Crippen molar-refractivity contribution in [2.75, 3.05) is 0 Å². The van der Waals surface area contributed by atoms with Crippen molar-refractivity contribution in [2.45, 2.75) is 64.5 Å². The highest BCUT2D eigenvalue weighted by Gasteiger charge is 2.50. The average Bonchev–Trinajstić information content (AvgIpc) is 2.61. The van der Waals surface area contributed by atoms with Crippen molar-refractivity contribution in [3.8, 4) is 5.75 Å². The highest BCUT2D eigenvalue weighted by atomic mass is 19.4. The molecule has 1 aromatic rings. The molecule has 29 heavy (non-hydrogen) atoms. The van der Waals surface area contributed by atoms with Gasteiger partial charge in [-0.1, -0.05) is 13.8 Å². The third-order valence-corrected chi connectivity index (χ3v) is 6.75. The van der Waals surface area contributed by atoms with Gasteiger partial charge in [0, 0.05) is 5.92 Å². The second-order valence-corrected chi connectivity index (χ2v) is 9.28. The van der Waals surface area contributed by atoms with Crippen LogP contribution in [0.4, 0.5) is 13.2 Å². The van der Waals surface area contributed by atoms with Crippen LogP contribution >= 0.6 is 0 Å². The van der Waals surface area contributed by atoms with E-state index in [0.29, 0.717) is 11.8 Å². The second kappa shape index (κ2) is 7.49. The first kappa shape index (κ1) is 20.5. The maximum atomic E-state index is 13.5. The zero-order valence-electron chi connectivity index (χ0n) is 16.6. The molecule has 1 atom stereocenters. The molecule has 5 rings (SSSR count). The smallest absolute Gasteiger partial charge is 0.419 e. The number of carboxylic acid groups (broad SMARTS) is 1. The molecule has 1 N–H and O–H groups in total. The van der Waals surface area contributed by atoms with Crippen molar-refractivity contribution in [1.29, 1.82) is 0 Å². The SMILES string of the molecule is CC(C)C(Oc1cc(C(=O)O)ccc1C(F)(F)F)OC1C2CC3CC(C2)CC1C3. The lowest BCUT2D eigenvalue weighted by Gasteiger charge is -2.54. The van der Waals surface area contributed by atoms with Crippen LogP contribution in [-0.4, -0.2) is 23.5 Å². The predicted molar refractivity (Wildman–Crippen MR) is 99.6 cm³/mol. The van der Waals surface area contributed by atoms with Gasteiger partial charge in [-0.05, 0) is 74.0 Å². The highest BCUT2D eigenvalue weighted by molar-refractivity contribution is 5.88. The van der Waals surface area contributed by atoms with Crippen LogP contribution in [0.25, 0.3) is 0 Å². The Bertz CT molecular complexity index is 746. The van der Waals surface area contributed by atoms with Crippen LogP contribution in [-0.2, 0) is 10.9 Å². The van der Waals surface area contributed by atoms with Crippen LogP contribution in [0.3, 0.4) is 0 Å². The van der Waals surface area contributed by atoms with Gasteiger partial charge in [-0.15, -0.1) is 0 Å². The van der Waals surface area contributed by atoms with E-state index in [4.69, 9.17) is 9.47 Å². The molecule has 4 saturated carbocycles. The molecule has 4 fully saturated rings. The molecule has 0 heterocycles. The van der Waals surface area contributed by atoms with Gasteiger partial charge in [0.15, 0.2) is 0 Å². The van der Waals surface area contributed by atoms with Crippen LogP contribution in [0, 0.1) is 29.6 Å². The average molecular weight is 412 g/mol. The summed E-state index contributed by atoms with van der Waals surface area (Å²) in [7, 11) is 0. The summed E-state index contributed by atoms with van der Waals surface area (Å²) >= 11 is 0. The Hall–Kier alpha value is -1.76. The largest absolute Gasteiger partial charge is 0.478 e. The van der Waals surface area contributed by atoms with Crippen molar-refractivity contribution < 1.29 is 32.5 Å². The Labute approximate surface area is 168 Å². The van der Waals surface area contributed by atoms with E-state index in [0.717, 1.165) is 55.7 Å². The van der Waals surface area contributed by atoms with E-state index in [1.54, 1.807) is 0 Å². The zero-order valence-corrected chi connectivity index (χ0v) is 16.6. The number of rotatable bonds is 6. The quantitative estimate of drug-likeness (QED) is 0.618. The lowest BCUT2D eigenvalue weighted by Crippen LogP contribution is -2.51. The number of benzene rings is 1. The fourth-order valence-corrected chi connectivity index (χ4v) is 5.69. The van der Waals surface area contributed by atoms with Crippen LogP contribution in [0.15, 0.2) is 18.2 Å². The van der Waals surface area contributed by atoms with Gasteiger partial charge in [-0.2, -0.15) is 13.2 Å². The molecule has 4 bridgehead atoms. The lowest BCUT2D eigenvalue weighted by molar-refractivity contribution is -0.212. The Morgan fingerprint density at radius 2 is 1.66 bits per heavy atom. The van der Waals surface area contributed by atoms with E-state index in [-0.39, 0.29) is 17.6 Å². The molecule has 0 spiro atoms. The van der Waals surface area contributed by atoms with Gasteiger partial charge in [0.05, 0.1) is 17.2 Å². The van der Waals surface area contributed by atoms with Crippen molar-refractivity contribution in [2.24, 2.45) is 29.6 Å². The van der Waals surface area contributed by atoms with Crippen LogP contribution in [0.2, 0.25) is 0 Å². The fraction of sp³-hybridized carbons (Fsp3) is 0.682. The number of halogens is 3. The normalized spacial score (nSPS) is 31.9. The van der Waals surface area contributed by atoms with E-state index in [2.05, 4.69) is 0 Å². The Morgan fingerprint density at radius 1 is 1.07 bits per heavy atom. The highest BCUT2D eigenvalue weighted by Crippen LogP contribution is 2.55. The molecule has 1 unspecified atom stereocenters. The fourth-order valence-electron chi connectivity index (χ4n) is 5.69. The number of hydrogen-bond donors (Lipinski definition) is 1. The molecule has 0 aromatic heterocycles. The van der Waals surface area contributed by atoms with Crippen molar-refractivity contribution in [1.82, 2.24) is 0 Å². The molecule has 0 aliphatic heterocycles. The minimum atomic E-state index is -4.64. The summed E-state index contributed by atoms with van der Waals surface area (Å²) in [5.74, 6) is 0.458. The summed E-state index contributed by atoms with van der Waals surface area (Å²) in [5.41, 5.74) is -1.23. The first-order valence-corrected chi connectivity index (χ1v) is 10.4. The lowest BCUT2D eigenvalue weighted by atomic mass is 9.55. The number of aromatic carboxylic acids is 1. The Balaban J connectivity index is 1.57. The molecular formula is C22H27F3O4. The van der Waals surface area contributed by atoms with Crippen LogP contribution in [0.5, 0.6) is 5.75 Å². The standard InChI is InChI=1S/C22H27F3O4/c1-11(2)21(29-19-15-6-12-5-13(8-15)9-16(19)7-12)28-18-10-14(20(26)27)3-4-17(18)22(23,24)25/h3-4,10-13,15-16,19,21H,5-9H2,1-2H3,(H,26,27). The minimum Gasteiger partial charge on any atom is -0.478 e. The molecule has 0 radical (unpaired) electrons. The summed E-state index contributed by atoms with van der Waals surface area (Å²) in [4.78, 5) is 11.2. The zero-order chi connectivity index (χ0) is 20.9. The van der Waals surface area contributed by atoms with Gasteiger partial charge in [0.1, 0.15) is 5.75 Å². The summed E-state index contributed by atoms with van der Waals surface area (Å²) in [6.07, 6.45) is 0.331. The molecule has 0 amide bonds. The molecule has 0 saturated heterocycles. The molecule has 4 aliphatic rings. The number of alkyl halides is 3. The number of carboxylic acids is 1. The third kappa shape index (κ3) is 4.11. The Kier molecular flexibility index (Phi) is 5.30. The first-order chi connectivity index (χ1) is 13.6. The molecular weight excluding hydrogens is 385 g/mol. The van der Waals surface area contributed by atoms with E-state index in [1.165, 1.54) is 6.42 Å². The van der Waals surface area contributed by atoms with Crippen molar-refractivity contribution in [3.05, 3.63) is 29.3 Å². The van der Waals surface area contributed by atoms with Gasteiger partial charge in [0.25, 0.3) is 0 Å². The molecule has 4 aliphatic carbocycles. The van der Waals surface area contributed by atoms with Crippen LogP contribution < -0.4 is 4.74 Å². The summed E-state index contributed by atoms with van der Waals surface area (Å²) in [6.45, 7) is 3.68. The van der Waals surface area contributed by atoms with Gasteiger partial charge < -0.3 is 14.6 Å². The van der Waals surface area contributed by atoms with E-state index in [9.17, 15) is 23.1 Å². The monoisotopic (exact) mass is 412 g/mol. The molecule has 4 nitrogen and oxygen atoms in total. The van der Waals surface area contributed by atoms with Gasteiger partial charge in [0.2, 0.25) is 6.29 Å². The van der Waals surface area contributed by atoms with Crippen molar-refractivity contribution in [3.63, 3.8) is 0 Å². The maximum Gasteiger partial charge on any atom is 0.419 e. The predicted octanol–water partition coefficient (Wildman–Crippen LogP) is 5.61. The van der Waals surface area contributed by atoms with E-state index in [1.807, 2.05) is 13.8 Å². The van der Waals surface area contributed by atoms with Gasteiger partial charge >= 0.3 is 12.1 Å². The topological polar surface area (TPSA) is 55.8 Å². The second-order valence-electron chi connectivity index (χ2n) is 9.28. The summed E-state index contributed by atoms with van der Waals surface area (Å²) in [6, 6.07) is 2.65. The van der Waals surface area contributed by atoms with E-state index >= 15 is 0 Å². The number of carbonyl (C=O) groups is 1. The van der Waals surface area contributed by atoms with Crippen molar-refractivity contribution >= 4 is 5.97 Å². The van der Waals surface area contributed by atoms with Gasteiger partial charge in [-0.25, -0.2) is 4.79 Å². The minimum absolute atomic E-state index is 0.00666. The first-order valence-electron chi connectivity index (χ1n) is 10.4. The van der Waals surface area contributed by atoms with Crippen LogP contribution in [0.1, 0.15) is 61.9 Å². The summed E-state index contributed by atoms with van der Waals surface area (Å²) < 4.78 is 52.4. The maximum absolute atomic E-state index is 13.5. The third-order valence-electron chi connectivity index (χ3n) is 6.75. The number of hydrogen-bond acceptors (Lipinski definition) is 3.